The van der Waals surface area contributed by atoms with Gasteiger partial charge in [0.05, 0.1) is 12.7 Å². The first-order valence-electron chi connectivity index (χ1n) is 7.31. The molecule has 1 aromatic carbocycles. The van der Waals surface area contributed by atoms with Gasteiger partial charge in [-0.05, 0) is 36.5 Å². The van der Waals surface area contributed by atoms with Gasteiger partial charge >= 0.3 is 0 Å². The molecular formula is C15H21FN2O3S. The minimum atomic E-state index is -3.11. The van der Waals surface area contributed by atoms with Gasteiger partial charge in [-0.3, -0.25) is 4.79 Å². The fraction of sp³-hybridized carbons (Fsp3) is 0.533. The Labute approximate surface area is 130 Å². The van der Waals surface area contributed by atoms with Gasteiger partial charge in [-0.15, -0.1) is 0 Å². The molecule has 1 heterocycles. The number of nitrogens with zero attached hydrogens (tertiary/aromatic N) is 1. The highest BCUT2D eigenvalue weighted by Gasteiger charge is 2.24. The third-order valence-electron chi connectivity index (χ3n) is 3.91. The van der Waals surface area contributed by atoms with Crippen LogP contribution in [0.25, 0.3) is 0 Å². The maximum absolute atomic E-state index is 12.8. The van der Waals surface area contributed by atoms with Crippen LogP contribution in [0.2, 0.25) is 0 Å². The van der Waals surface area contributed by atoms with E-state index < -0.39 is 10.0 Å². The Morgan fingerprint density at radius 1 is 1.27 bits per heavy atom. The molecule has 0 bridgehead atoms. The van der Waals surface area contributed by atoms with Gasteiger partial charge in [0.15, 0.2) is 0 Å². The van der Waals surface area contributed by atoms with E-state index in [1.54, 1.807) is 12.1 Å². The maximum Gasteiger partial charge on any atom is 0.224 e. The topological polar surface area (TPSA) is 66.5 Å². The Kier molecular flexibility index (Phi) is 5.52. The molecule has 1 aromatic rings. The Bertz CT molecular complexity index is 608. The van der Waals surface area contributed by atoms with Crippen LogP contribution in [0.5, 0.6) is 0 Å². The molecular weight excluding hydrogens is 307 g/mol. The third-order valence-corrected chi connectivity index (χ3v) is 5.21. The molecule has 5 nitrogen and oxygen atoms in total. The summed E-state index contributed by atoms with van der Waals surface area (Å²) >= 11 is 0. The second-order valence-electron chi connectivity index (χ2n) is 5.71. The molecule has 1 fully saturated rings. The number of carbonyl (C=O) groups is 1. The van der Waals surface area contributed by atoms with E-state index in [0.717, 1.165) is 18.4 Å². The molecule has 1 N–H and O–H groups in total. The maximum atomic E-state index is 12.8. The Morgan fingerprint density at radius 2 is 1.86 bits per heavy atom. The van der Waals surface area contributed by atoms with Crippen LogP contribution in [0, 0.1) is 11.7 Å². The van der Waals surface area contributed by atoms with Crippen LogP contribution in [0.3, 0.4) is 0 Å². The van der Waals surface area contributed by atoms with E-state index in [4.69, 9.17) is 0 Å². The van der Waals surface area contributed by atoms with Crippen LogP contribution in [0.4, 0.5) is 4.39 Å². The Morgan fingerprint density at radius 3 is 2.41 bits per heavy atom. The summed E-state index contributed by atoms with van der Waals surface area (Å²) in [4.78, 5) is 11.9. The molecule has 0 spiro atoms. The van der Waals surface area contributed by atoms with Crippen LogP contribution >= 0.6 is 0 Å². The average Bonchev–Trinajstić information content (AvgIpc) is 2.47. The number of rotatable bonds is 5. The first kappa shape index (κ1) is 16.9. The number of amides is 1. The summed E-state index contributed by atoms with van der Waals surface area (Å²) in [6.45, 7) is 1.58. The molecule has 1 amide bonds. The summed E-state index contributed by atoms with van der Waals surface area (Å²) in [6, 6.07) is 5.87. The predicted octanol–water partition coefficient (Wildman–Crippen LogP) is 1.16. The van der Waals surface area contributed by atoms with E-state index in [2.05, 4.69) is 5.32 Å². The Balaban J connectivity index is 1.72. The number of sulfonamides is 1. The van der Waals surface area contributed by atoms with Crippen LogP contribution in [0.1, 0.15) is 18.4 Å². The number of nitrogens with one attached hydrogen (secondary N) is 1. The number of hydrogen-bond acceptors (Lipinski definition) is 3. The largest absolute Gasteiger partial charge is 0.356 e. The zero-order valence-electron chi connectivity index (χ0n) is 12.6. The van der Waals surface area contributed by atoms with Gasteiger partial charge in [0, 0.05) is 19.6 Å². The number of piperidine rings is 1. The number of halogens is 1. The smallest absolute Gasteiger partial charge is 0.224 e. The van der Waals surface area contributed by atoms with Gasteiger partial charge in [-0.2, -0.15) is 0 Å². The number of hydrogen-bond donors (Lipinski definition) is 1. The zero-order valence-corrected chi connectivity index (χ0v) is 13.4. The van der Waals surface area contributed by atoms with E-state index in [9.17, 15) is 17.6 Å². The molecule has 1 saturated heterocycles. The monoisotopic (exact) mass is 328 g/mol. The lowest BCUT2D eigenvalue weighted by Crippen LogP contribution is -2.41. The quantitative estimate of drug-likeness (QED) is 0.882. The molecule has 0 atom stereocenters. The summed E-state index contributed by atoms with van der Waals surface area (Å²) in [6.07, 6.45) is 2.95. The highest BCUT2D eigenvalue weighted by atomic mass is 32.2. The van der Waals surface area contributed by atoms with Crippen molar-refractivity contribution in [2.24, 2.45) is 5.92 Å². The normalized spacial score (nSPS) is 17.4. The summed E-state index contributed by atoms with van der Waals surface area (Å²) in [5, 5.41) is 2.87. The van der Waals surface area contributed by atoms with Crippen LogP contribution in [-0.4, -0.2) is 44.5 Å². The van der Waals surface area contributed by atoms with Gasteiger partial charge in [-0.1, -0.05) is 12.1 Å². The third kappa shape index (κ3) is 5.06. The van der Waals surface area contributed by atoms with E-state index in [-0.39, 0.29) is 18.1 Å². The van der Waals surface area contributed by atoms with Gasteiger partial charge in [0.1, 0.15) is 5.82 Å². The highest BCUT2D eigenvalue weighted by molar-refractivity contribution is 7.88. The second kappa shape index (κ2) is 7.19. The van der Waals surface area contributed by atoms with Crippen molar-refractivity contribution in [2.45, 2.75) is 19.3 Å². The molecule has 1 aliphatic rings. The lowest BCUT2D eigenvalue weighted by atomic mass is 9.98. The highest BCUT2D eigenvalue weighted by Crippen LogP contribution is 2.18. The molecule has 0 radical (unpaired) electrons. The molecule has 0 aromatic heterocycles. The van der Waals surface area contributed by atoms with Crippen molar-refractivity contribution in [1.82, 2.24) is 9.62 Å². The van der Waals surface area contributed by atoms with Crippen LogP contribution < -0.4 is 5.32 Å². The molecule has 2 rings (SSSR count). The minimum Gasteiger partial charge on any atom is -0.356 e. The van der Waals surface area contributed by atoms with Gasteiger partial charge < -0.3 is 5.32 Å². The fourth-order valence-corrected chi connectivity index (χ4v) is 3.43. The SMILES string of the molecule is CS(=O)(=O)N1CCC(CNC(=O)Cc2ccc(F)cc2)CC1. The molecule has 1 aliphatic heterocycles. The molecule has 0 saturated carbocycles. The van der Waals surface area contributed by atoms with Crippen LogP contribution in [-0.2, 0) is 21.2 Å². The summed E-state index contributed by atoms with van der Waals surface area (Å²) in [7, 11) is -3.11. The van der Waals surface area contributed by atoms with Gasteiger partial charge in [0.2, 0.25) is 15.9 Å². The van der Waals surface area contributed by atoms with Crippen molar-refractivity contribution in [2.75, 3.05) is 25.9 Å². The van der Waals surface area contributed by atoms with Crippen LogP contribution in [0.15, 0.2) is 24.3 Å². The van der Waals surface area contributed by atoms with Gasteiger partial charge in [-0.25, -0.2) is 17.1 Å². The van der Waals surface area contributed by atoms with E-state index >= 15 is 0 Å². The average molecular weight is 328 g/mol. The first-order valence-corrected chi connectivity index (χ1v) is 9.15. The van der Waals surface area contributed by atoms with Crippen molar-refractivity contribution in [1.29, 1.82) is 0 Å². The lowest BCUT2D eigenvalue weighted by Gasteiger charge is -2.30. The van der Waals surface area contributed by atoms with Crippen molar-refractivity contribution in [3.63, 3.8) is 0 Å². The van der Waals surface area contributed by atoms with Crippen molar-refractivity contribution < 1.29 is 17.6 Å². The van der Waals surface area contributed by atoms with Crippen molar-refractivity contribution in [3.8, 4) is 0 Å². The summed E-state index contributed by atoms with van der Waals surface area (Å²) < 4.78 is 37.1. The summed E-state index contributed by atoms with van der Waals surface area (Å²) in [5.41, 5.74) is 0.769. The van der Waals surface area contributed by atoms with E-state index in [1.807, 2.05) is 0 Å². The lowest BCUT2D eigenvalue weighted by molar-refractivity contribution is -0.120. The van der Waals surface area contributed by atoms with Gasteiger partial charge in [0.25, 0.3) is 0 Å². The van der Waals surface area contributed by atoms with Crippen molar-refractivity contribution in [3.05, 3.63) is 35.6 Å². The summed E-state index contributed by atoms with van der Waals surface area (Å²) in [5.74, 6) is -0.117. The minimum absolute atomic E-state index is 0.0999. The molecule has 22 heavy (non-hydrogen) atoms. The first-order chi connectivity index (χ1) is 10.3. The van der Waals surface area contributed by atoms with E-state index in [0.29, 0.717) is 25.6 Å². The fourth-order valence-electron chi connectivity index (χ4n) is 2.55. The molecule has 122 valence electrons. The molecule has 0 unspecified atom stereocenters. The Hall–Kier alpha value is -1.47. The zero-order chi connectivity index (χ0) is 16.2. The second-order valence-corrected chi connectivity index (χ2v) is 7.70. The standard InChI is InChI=1S/C15H21FN2O3S/c1-22(20,21)18-8-6-13(7-9-18)11-17-15(19)10-12-2-4-14(16)5-3-12/h2-5,13H,6-11H2,1H3,(H,17,19). The number of benzene rings is 1. The predicted molar refractivity (Wildman–Crippen MR) is 82.3 cm³/mol. The molecule has 7 heteroatoms. The van der Waals surface area contributed by atoms with E-state index in [1.165, 1.54) is 22.7 Å². The number of carbonyl (C=O) groups excluding carboxylic acids is 1. The van der Waals surface area contributed by atoms with Crippen molar-refractivity contribution >= 4 is 15.9 Å². The molecule has 0 aliphatic carbocycles.